The molecular weight excluding hydrogens is 473 g/mol. The van der Waals surface area contributed by atoms with Crippen LogP contribution in [0.4, 0.5) is 15.9 Å². The Balaban J connectivity index is 1.37. The predicted octanol–water partition coefficient (Wildman–Crippen LogP) is 4.27. The van der Waals surface area contributed by atoms with E-state index in [4.69, 9.17) is 15.5 Å². The number of nitrogens with two attached hydrogens (primary N) is 1. The minimum atomic E-state index is -0.342. The van der Waals surface area contributed by atoms with E-state index in [0.29, 0.717) is 46.2 Å². The smallest absolute Gasteiger partial charge is 0.326 e. The zero-order valence-corrected chi connectivity index (χ0v) is 20.9. The summed E-state index contributed by atoms with van der Waals surface area (Å²) in [6.45, 7) is 4.81. The maximum Gasteiger partial charge on any atom is 0.326 e. The molecule has 1 saturated heterocycles. The van der Waals surface area contributed by atoms with E-state index >= 15 is 0 Å². The molecule has 1 aromatic carbocycles. The highest BCUT2D eigenvalue weighted by Gasteiger charge is 2.44. The molecular formula is C27H28FN7O2. The third kappa shape index (κ3) is 3.31. The van der Waals surface area contributed by atoms with E-state index in [2.05, 4.69) is 25.2 Å². The van der Waals surface area contributed by atoms with Crippen molar-refractivity contribution in [2.24, 2.45) is 11.7 Å². The van der Waals surface area contributed by atoms with E-state index < -0.39 is 0 Å². The predicted molar refractivity (Wildman–Crippen MR) is 139 cm³/mol. The first-order chi connectivity index (χ1) is 17.7. The molecule has 0 spiro atoms. The molecule has 190 valence electrons. The number of halogens is 1. The lowest BCUT2D eigenvalue weighted by Crippen LogP contribution is -2.41. The number of hydrogen-bond donors (Lipinski definition) is 3. The fraction of sp³-hybridized carbons (Fsp3) is 0.407. The molecule has 4 N–H and O–H groups in total. The van der Waals surface area contributed by atoms with Gasteiger partial charge in [0.15, 0.2) is 5.78 Å². The molecule has 9 nitrogen and oxygen atoms in total. The van der Waals surface area contributed by atoms with E-state index in [1.807, 2.05) is 13.8 Å². The minimum Gasteiger partial charge on any atom is -0.423 e. The Bertz CT molecular complexity index is 1610. The number of aromatic amines is 1. The molecule has 4 heterocycles. The number of H-pyrrole nitrogens is 1. The highest BCUT2D eigenvalue weighted by molar-refractivity contribution is 6.14. The standard InChI is InChI=1S/C27H28FN7O2/c1-27(2)9-20(36)16-8-15(10-31-23(16)27)37-26-33-24-21(17-5-13(28)6-19(30-3)22(17)32-24)25(34-26)35-11-12-4-14(35)7-18(12)29/h5-6,8,10,12,14,18,30H,4,7,9,11,29H2,1-3H3,(H,32,33,34)/t12-,14-,18-/m1/s1. The van der Waals surface area contributed by atoms with Crippen molar-refractivity contribution in [1.29, 1.82) is 0 Å². The topological polar surface area (TPSA) is 122 Å². The van der Waals surface area contributed by atoms with Crippen molar-refractivity contribution in [2.75, 3.05) is 23.8 Å². The van der Waals surface area contributed by atoms with Crippen molar-refractivity contribution in [3.05, 3.63) is 41.5 Å². The average Bonchev–Trinajstić information content (AvgIpc) is 3.58. The van der Waals surface area contributed by atoms with Crippen molar-refractivity contribution < 1.29 is 13.9 Å². The molecule has 0 radical (unpaired) electrons. The Hall–Kier alpha value is -3.79. The molecule has 2 bridgehead atoms. The van der Waals surface area contributed by atoms with E-state index in [1.165, 1.54) is 12.1 Å². The third-order valence-electron chi connectivity index (χ3n) is 8.24. The second kappa shape index (κ2) is 7.61. The first-order valence-electron chi connectivity index (χ1n) is 12.7. The van der Waals surface area contributed by atoms with E-state index in [9.17, 15) is 9.18 Å². The molecule has 2 aliphatic carbocycles. The maximum atomic E-state index is 14.6. The van der Waals surface area contributed by atoms with E-state index in [-0.39, 0.29) is 35.1 Å². The van der Waals surface area contributed by atoms with Gasteiger partial charge in [-0.15, -0.1) is 0 Å². The number of Topliss-reactive ketones (excluding diaryl/α,β-unsaturated/α-hetero) is 1. The Morgan fingerprint density at radius 2 is 2.08 bits per heavy atom. The van der Waals surface area contributed by atoms with Crippen LogP contribution in [0.25, 0.3) is 21.9 Å². The molecule has 0 unspecified atom stereocenters. The normalized spacial score (nSPS) is 23.9. The summed E-state index contributed by atoms with van der Waals surface area (Å²) in [4.78, 5) is 32.2. The first-order valence-corrected chi connectivity index (χ1v) is 12.7. The van der Waals surface area contributed by atoms with Crippen LogP contribution >= 0.6 is 0 Å². The number of pyridine rings is 1. The SMILES string of the molecule is CNc1cc(F)cc2c1[nH]c1nc(Oc3cnc4c(c3)C(=O)CC4(C)C)nc(N3C[C@H]4C[C@@H]3C[C@H]4N)c12. The van der Waals surface area contributed by atoms with Crippen molar-refractivity contribution >= 4 is 39.2 Å². The summed E-state index contributed by atoms with van der Waals surface area (Å²) in [6, 6.07) is 5.27. The number of aromatic nitrogens is 4. The average molecular weight is 502 g/mol. The van der Waals surface area contributed by atoms with Crippen LogP contribution in [-0.2, 0) is 5.41 Å². The summed E-state index contributed by atoms with van der Waals surface area (Å²) in [6.07, 6.45) is 3.93. The van der Waals surface area contributed by atoms with Crippen LogP contribution in [0.2, 0.25) is 0 Å². The number of ether oxygens (including phenoxy) is 1. The number of carbonyl (C=O) groups is 1. The highest BCUT2D eigenvalue weighted by atomic mass is 19.1. The Labute approximate surface area is 212 Å². The van der Waals surface area contributed by atoms with Gasteiger partial charge in [0.05, 0.1) is 28.5 Å². The lowest BCUT2D eigenvalue weighted by molar-refractivity contribution is 0.0979. The number of anilines is 2. The highest BCUT2D eigenvalue weighted by Crippen LogP contribution is 2.44. The van der Waals surface area contributed by atoms with Crippen LogP contribution in [0, 0.1) is 11.7 Å². The van der Waals surface area contributed by atoms with Gasteiger partial charge >= 0.3 is 6.01 Å². The number of hydrogen-bond acceptors (Lipinski definition) is 8. The van der Waals surface area contributed by atoms with E-state index in [0.717, 1.165) is 36.0 Å². The molecule has 0 amide bonds. The van der Waals surface area contributed by atoms with Crippen molar-refractivity contribution in [3.63, 3.8) is 0 Å². The van der Waals surface area contributed by atoms with Gasteiger partial charge in [-0.05, 0) is 37.0 Å². The van der Waals surface area contributed by atoms with Crippen molar-refractivity contribution in [1.82, 2.24) is 19.9 Å². The molecule has 3 aliphatic rings. The van der Waals surface area contributed by atoms with Crippen molar-refractivity contribution in [2.45, 2.75) is 50.6 Å². The van der Waals surface area contributed by atoms with Crippen molar-refractivity contribution in [3.8, 4) is 11.8 Å². The number of fused-ring (bicyclic) bond motifs is 6. The van der Waals surface area contributed by atoms with Gasteiger partial charge in [0, 0.05) is 48.5 Å². The number of benzene rings is 1. The molecule has 1 aliphatic heterocycles. The number of carbonyl (C=O) groups excluding carboxylic acids is 1. The van der Waals surface area contributed by atoms with Crippen LogP contribution < -0.4 is 20.7 Å². The summed E-state index contributed by atoms with van der Waals surface area (Å²) < 4.78 is 20.7. The van der Waals surface area contributed by atoms with Crippen LogP contribution in [0.15, 0.2) is 24.4 Å². The van der Waals surface area contributed by atoms with Gasteiger partial charge in [-0.25, -0.2) is 4.39 Å². The van der Waals surface area contributed by atoms with Gasteiger partial charge in [0.2, 0.25) is 0 Å². The van der Waals surface area contributed by atoms with Crippen LogP contribution in [0.1, 0.15) is 49.2 Å². The third-order valence-corrected chi connectivity index (χ3v) is 8.24. The summed E-state index contributed by atoms with van der Waals surface area (Å²) in [5.74, 6) is 1.20. The van der Waals surface area contributed by atoms with Crippen LogP contribution in [0.3, 0.4) is 0 Å². The minimum absolute atomic E-state index is 0.0525. The zero-order chi connectivity index (χ0) is 25.6. The Morgan fingerprint density at radius 3 is 2.81 bits per heavy atom. The summed E-state index contributed by atoms with van der Waals surface area (Å²) in [7, 11) is 1.76. The van der Waals surface area contributed by atoms with Gasteiger partial charge in [-0.2, -0.15) is 9.97 Å². The number of rotatable bonds is 4. The molecule has 7 rings (SSSR count). The molecule has 4 aromatic rings. The van der Waals surface area contributed by atoms with Crippen LogP contribution in [-0.4, -0.2) is 51.4 Å². The maximum absolute atomic E-state index is 14.6. The van der Waals surface area contributed by atoms with Gasteiger partial charge in [0.1, 0.15) is 23.0 Å². The van der Waals surface area contributed by atoms with Gasteiger partial charge in [0.25, 0.3) is 0 Å². The lowest BCUT2D eigenvalue weighted by atomic mass is 9.90. The quantitative estimate of drug-likeness (QED) is 0.379. The zero-order valence-electron chi connectivity index (χ0n) is 20.9. The molecule has 1 saturated carbocycles. The fourth-order valence-electron chi connectivity index (χ4n) is 6.47. The molecule has 2 fully saturated rings. The van der Waals surface area contributed by atoms with Crippen LogP contribution in [0.5, 0.6) is 11.8 Å². The number of piperidine rings is 1. The molecule has 10 heteroatoms. The molecule has 3 aromatic heterocycles. The first kappa shape index (κ1) is 22.4. The summed E-state index contributed by atoms with van der Waals surface area (Å²) >= 11 is 0. The second-order valence-corrected chi connectivity index (χ2v) is 11.2. The fourth-order valence-corrected chi connectivity index (χ4v) is 6.47. The lowest BCUT2D eigenvalue weighted by Gasteiger charge is -2.31. The summed E-state index contributed by atoms with van der Waals surface area (Å²) in [5.41, 5.74) is 9.32. The van der Waals surface area contributed by atoms with Gasteiger partial charge in [-0.1, -0.05) is 13.8 Å². The second-order valence-electron chi connectivity index (χ2n) is 11.2. The van der Waals surface area contributed by atoms with Gasteiger partial charge in [-0.3, -0.25) is 9.78 Å². The Kier molecular flexibility index (Phi) is 4.61. The number of nitrogens with one attached hydrogen (secondary N) is 2. The largest absolute Gasteiger partial charge is 0.423 e. The number of nitrogens with zero attached hydrogens (tertiary/aromatic N) is 4. The number of ketones is 1. The van der Waals surface area contributed by atoms with Gasteiger partial charge < -0.3 is 25.7 Å². The summed E-state index contributed by atoms with van der Waals surface area (Å²) in [5, 5.41) is 4.52. The molecule has 37 heavy (non-hydrogen) atoms. The van der Waals surface area contributed by atoms with E-state index in [1.54, 1.807) is 19.3 Å². The molecule has 3 atom stereocenters. The Morgan fingerprint density at radius 1 is 1.24 bits per heavy atom. The monoisotopic (exact) mass is 501 g/mol.